The average molecular weight is 480 g/mol. The Hall–Kier alpha value is -0.530. The van der Waals surface area contributed by atoms with Crippen LogP contribution < -0.4 is 16.9 Å². The van der Waals surface area contributed by atoms with Crippen molar-refractivity contribution in [2.45, 2.75) is 143 Å². The van der Waals surface area contributed by atoms with Gasteiger partial charge in [-0.1, -0.05) is 128 Å². The summed E-state index contributed by atoms with van der Waals surface area (Å²) in [5, 5.41) is 0. The van der Waals surface area contributed by atoms with Gasteiger partial charge in [-0.05, 0) is 44.7 Å². The van der Waals surface area contributed by atoms with Crippen LogP contribution in [0, 0.1) is 6.92 Å². The van der Waals surface area contributed by atoms with Crippen molar-refractivity contribution in [1.29, 1.82) is 0 Å². The Morgan fingerprint density at radius 1 is 0.455 bits per heavy atom. The van der Waals surface area contributed by atoms with Gasteiger partial charge in [0.05, 0.1) is 19.6 Å². The molecule has 1 aromatic carbocycles. The number of hydrogen-bond donors (Lipinski definition) is 0. The quantitative estimate of drug-likeness (QED) is 0.120. The normalized spacial score (nSPS) is 11.5. The summed E-state index contributed by atoms with van der Waals surface area (Å²) >= 11 is 0. The maximum atomic E-state index is 2.40. The van der Waals surface area contributed by atoms with Crippen molar-refractivity contribution in [3.05, 3.63) is 29.8 Å². The Morgan fingerprint density at radius 2 is 0.818 bits per heavy atom. The van der Waals surface area contributed by atoms with Crippen LogP contribution in [0.1, 0.15) is 142 Å². The molecule has 0 aliphatic carbocycles. The zero-order chi connectivity index (χ0) is 23.3. The third-order valence-corrected chi connectivity index (χ3v) is 7.32. The molecule has 1 aromatic rings. The van der Waals surface area contributed by atoms with E-state index in [-0.39, 0.29) is 12.4 Å². The molecule has 0 bridgehead atoms. The highest BCUT2D eigenvalue weighted by molar-refractivity contribution is 5.44. The fourth-order valence-electron chi connectivity index (χ4n) is 5.40. The van der Waals surface area contributed by atoms with E-state index >= 15 is 0 Å². The number of nitrogens with zero attached hydrogens (tertiary/aromatic N) is 1. The maximum absolute atomic E-state index is 2.40. The van der Waals surface area contributed by atoms with Crippen LogP contribution in [0.15, 0.2) is 24.3 Å². The molecule has 2 heteroatoms. The molecule has 0 radical (unpaired) electrons. The third-order valence-electron chi connectivity index (χ3n) is 7.32. The molecule has 33 heavy (non-hydrogen) atoms. The van der Waals surface area contributed by atoms with Gasteiger partial charge in [-0.2, -0.15) is 0 Å². The summed E-state index contributed by atoms with van der Waals surface area (Å²) in [4.78, 5) is 0. The summed E-state index contributed by atoms with van der Waals surface area (Å²) in [6.07, 6.45) is 25.7. The lowest BCUT2D eigenvalue weighted by Crippen LogP contribution is -3.00. The third kappa shape index (κ3) is 15.2. The maximum Gasteiger partial charge on any atom is 0.132 e. The summed E-state index contributed by atoms with van der Waals surface area (Å²) < 4.78 is 1.20. The molecular formula is C31H58ClN. The molecule has 0 fully saturated rings. The van der Waals surface area contributed by atoms with E-state index in [1.807, 2.05) is 0 Å². The highest BCUT2D eigenvalue weighted by Crippen LogP contribution is 2.26. The van der Waals surface area contributed by atoms with Crippen LogP contribution in [-0.4, -0.2) is 19.6 Å². The van der Waals surface area contributed by atoms with Crippen molar-refractivity contribution in [2.75, 3.05) is 19.6 Å². The number of rotatable bonds is 22. The Kier molecular flexibility index (Phi) is 21.6. The van der Waals surface area contributed by atoms with E-state index in [1.165, 1.54) is 145 Å². The van der Waals surface area contributed by atoms with Crippen molar-refractivity contribution in [2.24, 2.45) is 0 Å². The monoisotopic (exact) mass is 479 g/mol. The molecule has 1 rings (SSSR count). The number of unbranched alkanes of at least 4 members (excludes halogenated alkanes) is 15. The van der Waals surface area contributed by atoms with Crippen molar-refractivity contribution in [1.82, 2.24) is 4.48 Å². The lowest BCUT2D eigenvalue weighted by Gasteiger charge is -2.38. The molecule has 0 N–H and O–H groups in total. The van der Waals surface area contributed by atoms with Gasteiger partial charge in [0.15, 0.2) is 0 Å². The lowest BCUT2D eigenvalue weighted by molar-refractivity contribution is -0.00000716. The Morgan fingerprint density at radius 3 is 1.18 bits per heavy atom. The van der Waals surface area contributed by atoms with Crippen molar-refractivity contribution in [3.8, 4) is 0 Å². The Bertz CT molecular complexity index is 518. The smallest absolute Gasteiger partial charge is 0.132 e. The van der Waals surface area contributed by atoms with Crippen LogP contribution in [0.4, 0.5) is 5.69 Å². The van der Waals surface area contributed by atoms with Crippen molar-refractivity contribution in [3.63, 3.8) is 0 Å². The molecule has 0 amide bonds. The zero-order valence-corrected chi connectivity index (χ0v) is 23.7. The first-order valence-corrected chi connectivity index (χ1v) is 14.6. The van der Waals surface area contributed by atoms with E-state index in [1.54, 1.807) is 5.69 Å². The molecule has 0 heterocycles. The highest BCUT2D eigenvalue weighted by Gasteiger charge is 2.27. The van der Waals surface area contributed by atoms with Crippen molar-refractivity contribution < 1.29 is 12.4 Å². The minimum Gasteiger partial charge on any atom is -1.00 e. The number of aryl methyl sites for hydroxylation is 1. The lowest BCUT2D eigenvalue weighted by atomic mass is 10.0. The molecule has 0 saturated heterocycles. The van der Waals surface area contributed by atoms with E-state index in [9.17, 15) is 0 Å². The van der Waals surface area contributed by atoms with Crippen LogP contribution in [0.5, 0.6) is 0 Å². The van der Waals surface area contributed by atoms with Crippen molar-refractivity contribution >= 4 is 5.69 Å². The molecular weight excluding hydrogens is 422 g/mol. The second-order valence-electron chi connectivity index (χ2n) is 10.5. The van der Waals surface area contributed by atoms with Gasteiger partial charge in [-0.15, -0.1) is 0 Å². The first kappa shape index (κ1) is 32.5. The van der Waals surface area contributed by atoms with Gasteiger partial charge in [0.1, 0.15) is 5.69 Å². The average Bonchev–Trinajstić information content (AvgIpc) is 2.79. The zero-order valence-electron chi connectivity index (χ0n) is 23.0. The first-order chi connectivity index (χ1) is 15.7. The molecule has 0 aromatic heterocycles. The van der Waals surface area contributed by atoms with Gasteiger partial charge in [-0.3, -0.25) is 4.48 Å². The van der Waals surface area contributed by atoms with Crippen LogP contribution in [-0.2, 0) is 0 Å². The summed E-state index contributed by atoms with van der Waals surface area (Å²) in [6.45, 7) is 13.1. The van der Waals surface area contributed by atoms with Crippen LogP contribution >= 0.6 is 0 Å². The highest BCUT2D eigenvalue weighted by atomic mass is 35.5. The SMILES string of the molecule is CCCCCCCCCCCCCCCCCC[N+](CCC)(CCC)c1ccc(C)cc1.[Cl-]. The van der Waals surface area contributed by atoms with E-state index < -0.39 is 0 Å². The van der Waals surface area contributed by atoms with Gasteiger partial charge < -0.3 is 12.4 Å². The predicted molar refractivity (Wildman–Crippen MR) is 148 cm³/mol. The molecule has 0 spiro atoms. The first-order valence-electron chi connectivity index (χ1n) is 14.6. The second-order valence-corrected chi connectivity index (χ2v) is 10.5. The molecule has 1 nitrogen and oxygen atoms in total. The fourth-order valence-corrected chi connectivity index (χ4v) is 5.40. The second kappa shape index (κ2) is 22.0. The van der Waals surface area contributed by atoms with E-state index in [4.69, 9.17) is 0 Å². The number of quaternary nitrogens is 1. The predicted octanol–water partition coefficient (Wildman–Crippen LogP) is 7.39. The van der Waals surface area contributed by atoms with Gasteiger partial charge in [-0.25, -0.2) is 0 Å². The number of halogens is 1. The number of hydrogen-bond acceptors (Lipinski definition) is 0. The van der Waals surface area contributed by atoms with Crippen LogP contribution in [0.2, 0.25) is 0 Å². The Balaban J connectivity index is 0.0000102. The fraction of sp³-hybridized carbons (Fsp3) is 0.806. The standard InChI is InChI=1S/C31H58N.ClH/c1-5-8-9-10-11-12-13-14-15-16-17-18-19-20-21-22-29-32(27-6-2,28-7-3)31-25-23-30(4)24-26-31;/h23-26H,5-22,27-29H2,1-4H3;1H/q+1;/p-1. The van der Waals surface area contributed by atoms with E-state index in [2.05, 4.69) is 52.0 Å². The molecule has 194 valence electrons. The largest absolute Gasteiger partial charge is 1.00 e. The van der Waals surface area contributed by atoms with Gasteiger partial charge >= 0.3 is 0 Å². The molecule has 0 aliphatic rings. The van der Waals surface area contributed by atoms with Crippen LogP contribution in [0.25, 0.3) is 0 Å². The molecule has 0 unspecified atom stereocenters. The molecule has 0 aliphatic heterocycles. The molecule has 0 saturated carbocycles. The minimum absolute atomic E-state index is 0. The Labute approximate surface area is 215 Å². The summed E-state index contributed by atoms with van der Waals surface area (Å²) in [5.74, 6) is 0. The van der Waals surface area contributed by atoms with Gasteiger partial charge in [0, 0.05) is 0 Å². The topological polar surface area (TPSA) is 0 Å². The van der Waals surface area contributed by atoms with E-state index in [0.717, 1.165) is 0 Å². The minimum atomic E-state index is 0. The van der Waals surface area contributed by atoms with Gasteiger partial charge in [0.2, 0.25) is 0 Å². The summed E-state index contributed by atoms with van der Waals surface area (Å²) in [5.41, 5.74) is 2.92. The summed E-state index contributed by atoms with van der Waals surface area (Å²) in [6, 6.07) is 9.41. The van der Waals surface area contributed by atoms with E-state index in [0.29, 0.717) is 0 Å². The summed E-state index contributed by atoms with van der Waals surface area (Å²) in [7, 11) is 0. The number of benzene rings is 1. The van der Waals surface area contributed by atoms with Crippen LogP contribution in [0.3, 0.4) is 0 Å². The molecule has 0 atom stereocenters. The van der Waals surface area contributed by atoms with Gasteiger partial charge in [0.25, 0.3) is 0 Å².